The van der Waals surface area contributed by atoms with Crippen molar-refractivity contribution in [2.24, 2.45) is 0 Å². The van der Waals surface area contributed by atoms with Crippen molar-refractivity contribution < 1.29 is 23.8 Å². The summed E-state index contributed by atoms with van der Waals surface area (Å²) in [4.78, 5) is 29.1. The number of esters is 1. The fourth-order valence-electron chi connectivity index (χ4n) is 2.85. The van der Waals surface area contributed by atoms with E-state index >= 15 is 0 Å². The van der Waals surface area contributed by atoms with Crippen LogP contribution in [-0.2, 0) is 9.53 Å². The minimum Gasteiger partial charge on any atom is -0.494 e. The average Bonchev–Trinajstić information content (AvgIpc) is 2.81. The fraction of sp³-hybridized carbons (Fsp3) is 0.208. The molecule has 2 N–H and O–H groups in total. The zero-order valence-corrected chi connectivity index (χ0v) is 18.0. The number of carbonyl (C=O) groups is 2. The van der Waals surface area contributed by atoms with Crippen molar-refractivity contribution in [3.63, 3.8) is 0 Å². The Morgan fingerprint density at radius 3 is 2.41 bits per heavy atom. The second-order valence-corrected chi connectivity index (χ2v) is 6.54. The van der Waals surface area contributed by atoms with Gasteiger partial charge < -0.3 is 24.8 Å². The number of hydrogen-bond donors (Lipinski definition) is 2. The molecule has 3 aromatic rings. The van der Waals surface area contributed by atoms with Crippen molar-refractivity contribution >= 4 is 29.1 Å². The number of aromatic nitrogens is 1. The minimum absolute atomic E-state index is 0.212. The molecular formula is C24H25N3O5. The smallest absolute Gasteiger partial charge is 0.342 e. The maximum atomic E-state index is 12.6. The molecule has 1 amide bonds. The summed E-state index contributed by atoms with van der Waals surface area (Å²) in [5, 5.41) is 5.78. The highest BCUT2D eigenvalue weighted by Gasteiger charge is 2.16. The van der Waals surface area contributed by atoms with Gasteiger partial charge in [-0.15, -0.1) is 0 Å². The van der Waals surface area contributed by atoms with Crippen LogP contribution >= 0.6 is 0 Å². The number of para-hydroxylation sites is 2. The Kier molecular flexibility index (Phi) is 8.02. The van der Waals surface area contributed by atoms with E-state index in [0.29, 0.717) is 30.5 Å². The third kappa shape index (κ3) is 6.21. The largest absolute Gasteiger partial charge is 0.494 e. The summed E-state index contributed by atoms with van der Waals surface area (Å²) in [5.41, 5.74) is 1.45. The second kappa shape index (κ2) is 11.4. The van der Waals surface area contributed by atoms with E-state index in [0.717, 1.165) is 11.4 Å². The van der Waals surface area contributed by atoms with Crippen LogP contribution < -0.4 is 20.1 Å². The molecule has 2 aromatic carbocycles. The summed E-state index contributed by atoms with van der Waals surface area (Å²) in [6.07, 6.45) is 1.56. The molecule has 0 aliphatic rings. The van der Waals surface area contributed by atoms with E-state index in [-0.39, 0.29) is 5.56 Å². The third-order valence-corrected chi connectivity index (χ3v) is 4.25. The molecule has 0 bridgehead atoms. The quantitative estimate of drug-likeness (QED) is 0.455. The van der Waals surface area contributed by atoms with Crippen LogP contribution in [0.1, 0.15) is 24.2 Å². The Bertz CT molecular complexity index is 1050. The maximum absolute atomic E-state index is 12.6. The Hall–Kier alpha value is -4.07. The van der Waals surface area contributed by atoms with Crippen molar-refractivity contribution in [1.29, 1.82) is 0 Å². The summed E-state index contributed by atoms with van der Waals surface area (Å²) < 4.78 is 16.1. The van der Waals surface area contributed by atoms with Crippen LogP contribution in [0.3, 0.4) is 0 Å². The van der Waals surface area contributed by atoms with E-state index in [1.165, 1.54) is 0 Å². The molecular weight excluding hydrogens is 410 g/mol. The molecule has 0 unspecified atom stereocenters. The van der Waals surface area contributed by atoms with Crippen molar-refractivity contribution in [2.45, 2.75) is 13.8 Å². The number of benzene rings is 2. The van der Waals surface area contributed by atoms with Crippen LogP contribution in [0.4, 0.5) is 17.2 Å². The topological polar surface area (TPSA) is 98.8 Å². The highest BCUT2D eigenvalue weighted by Crippen LogP contribution is 2.24. The summed E-state index contributed by atoms with van der Waals surface area (Å²) in [7, 11) is 0. The first-order chi connectivity index (χ1) is 15.6. The Morgan fingerprint density at radius 1 is 0.906 bits per heavy atom. The van der Waals surface area contributed by atoms with Gasteiger partial charge in [-0.2, -0.15) is 0 Å². The third-order valence-electron chi connectivity index (χ3n) is 4.25. The number of nitrogens with zero attached hydrogens (tertiary/aromatic N) is 1. The van der Waals surface area contributed by atoms with E-state index in [4.69, 9.17) is 14.2 Å². The Morgan fingerprint density at radius 2 is 1.66 bits per heavy atom. The zero-order valence-electron chi connectivity index (χ0n) is 18.0. The standard InChI is InChI=1S/C24H25N3O5/c1-3-30-18-13-11-17(12-14-18)26-23-19(8-7-15-25-23)24(29)32-16-22(28)27-20-9-5-6-10-21(20)31-4-2/h5-15H,3-4,16H2,1-2H3,(H,25,26)(H,27,28). The number of carbonyl (C=O) groups excluding carboxylic acids is 2. The molecule has 3 rings (SSSR count). The van der Waals surface area contributed by atoms with Crippen molar-refractivity contribution in [2.75, 3.05) is 30.5 Å². The SMILES string of the molecule is CCOc1ccc(Nc2ncccc2C(=O)OCC(=O)Nc2ccccc2OCC)cc1. The fourth-order valence-corrected chi connectivity index (χ4v) is 2.85. The Balaban J connectivity index is 1.61. The van der Waals surface area contributed by atoms with E-state index in [1.54, 1.807) is 36.5 Å². The lowest BCUT2D eigenvalue weighted by Crippen LogP contribution is -2.21. The van der Waals surface area contributed by atoms with Crippen LogP contribution in [0.15, 0.2) is 66.9 Å². The molecule has 32 heavy (non-hydrogen) atoms. The number of anilines is 3. The van der Waals surface area contributed by atoms with Gasteiger partial charge in [0, 0.05) is 11.9 Å². The molecule has 0 spiro atoms. The van der Waals surface area contributed by atoms with Crippen LogP contribution in [0.2, 0.25) is 0 Å². The average molecular weight is 435 g/mol. The summed E-state index contributed by atoms with van der Waals surface area (Å²) in [6.45, 7) is 4.36. The van der Waals surface area contributed by atoms with Gasteiger partial charge in [0.1, 0.15) is 22.9 Å². The van der Waals surface area contributed by atoms with Crippen LogP contribution in [0.25, 0.3) is 0 Å². The van der Waals surface area contributed by atoms with Gasteiger partial charge in [0.2, 0.25) is 0 Å². The molecule has 0 saturated heterocycles. The van der Waals surface area contributed by atoms with Gasteiger partial charge in [-0.1, -0.05) is 12.1 Å². The number of rotatable bonds is 10. The van der Waals surface area contributed by atoms with Gasteiger partial charge in [0.05, 0.1) is 18.9 Å². The van der Waals surface area contributed by atoms with Gasteiger partial charge in [0.25, 0.3) is 5.91 Å². The van der Waals surface area contributed by atoms with Gasteiger partial charge >= 0.3 is 5.97 Å². The number of pyridine rings is 1. The lowest BCUT2D eigenvalue weighted by atomic mass is 10.2. The van der Waals surface area contributed by atoms with Gasteiger partial charge in [-0.05, 0) is 62.4 Å². The molecule has 0 atom stereocenters. The number of amides is 1. The number of ether oxygens (including phenoxy) is 3. The zero-order chi connectivity index (χ0) is 22.8. The van der Waals surface area contributed by atoms with Gasteiger partial charge in [-0.25, -0.2) is 9.78 Å². The maximum Gasteiger partial charge on any atom is 0.342 e. The van der Waals surface area contributed by atoms with Crippen LogP contribution in [0, 0.1) is 0 Å². The monoisotopic (exact) mass is 435 g/mol. The highest BCUT2D eigenvalue weighted by atomic mass is 16.5. The lowest BCUT2D eigenvalue weighted by Gasteiger charge is -2.13. The predicted octanol–water partition coefficient (Wildman–Crippen LogP) is 4.42. The number of hydrogen-bond acceptors (Lipinski definition) is 7. The van der Waals surface area contributed by atoms with Gasteiger partial charge in [0.15, 0.2) is 6.61 Å². The molecule has 166 valence electrons. The van der Waals surface area contributed by atoms with Crippen molar-refractivity contribution in [3.8, 4) is 11.5 Å². The first-order valence-corrected chi connectivity index (χ1v) is 10.2. The molecule has 0 saturated carbocycles. The minimum atomic E-state index is -0.667. The van der Waals surface area contributed by atoms with E-state index in [1.807, 2.05) is 44.2 Å². The molecule has 8 nitrogen and oxygen atoms in total. The molecule has 1 aromatic heterocycles. The van der Waals surface area contributed by atoms with E-state index in [2.05, 4.69) is 15.6 Å². The number of nitrogens with one attached hydrogen (secondary N) is 2. The molecule has 0 aliphatic carbocycles. The summed E-state index contributed by atoms with van der Waals surface area (Å²) >= 11 is 0. The Labute approximate surface area is 186 Å². The van der Waals surface area contributed by atoms with Gasteiger partial charge in [-0.3, -0.25) is 4.79 Å². The lowest BCUT2D eigenvalue weighted by molar-refractivity contribution is -0.119. The molecule has 8 heteroatoms. The van der Waals surface area contributed by atoms with E-state index < -0.39 is 18.5 Å². The normalized spacial score (nSPS) is 10.2. The first kappa shape index (κ1) is 22.6. The predicted molar refractivity (Wildman–Crippen MR) is 122 cm³/mol. The van der Waals surface area contributed by atoms with E-state index in [9.17, 15) is 9.59 Å². The van der Waals surface area contributed by atoms with Crippen LogP contribution in [-0.4, -0.2) is 36.7 Å². The molecule has 0 fully saturated rings. The van der Waals surface area contributed by atoms with Crippen LogP contribution in [0.5, 0.6) is 11.5 Å². The highest BCUT2D eigenvalue weighted by molar-refractivity contribution is 5.98. The summed E-state index contributed by atoms with van der Waals surface area (Å²) in [5.74, 6) is 0.471. The first-order valence-electron chi connectivity index (χ1n) is 10.2. The second-order valence-electron chi connectivity index (χ2n) is 6.54. The van der Waals surface area contributed by atoms with Crippen molar-refractivity contribution in [1.82, 2.24) is 4.98 Å². The summed E-state index contributed by atoms with van der Waals surface area (Å²) in [6, 6.07) is 17.5. The van der Waals surface area contributed by atoms with Crippen molar-refractivity contribution in [3.05, 3.63) is 72.4 Å². The molecule has 1 heterocycles. The molecule has 0 radical (unpaired) electrons. The molecule has 0 aliphatic heterocycles.